The summed E-state index contributed by atoms with van der Waals surface area (Å²) >= 11 is 0. The molecule has 0 aromatic rings. The van der Waals surface area contributed by atoms with Crippen LogP contribution in [0.5, 0.6) is 0 Å². The molecule has 7 atom stereocenters. The molecular formula is C28H46O. The van der Waals surface area contributed by atoms with Gasteiger partial charge in [-0.15, -0.1) is 0 Å². The van der Waals surface area contributed by atoms with E-state index in [4.69, 9.17) is 0 Å². The SMILES string of the molecule is CC(=CCC[C@@H](C)[C@H]1CC[C@H]2C3=C(CC[C@]12C)[C@@]1(C)CCC[C@@H](C)C1CC3)CO. The van der Waals surface area contributed by atoms with Crippen LogP contribution >= 0.6 is 0 Å². The van der Waals surface area contributed by atoms with E-state index < -0.39 is 0 Å². The zero-order valence-corrected chi connectivity index (χ0v) is 19.9. The molecule has 4 aliphatic rings. The van der Waals surface area contributed by atoms with E-state index >= 15 is 0 Å². The van der Waals surface area contributed by atoms with Crippen LogP contribution in [-0.2, 0) is 0 Å². The molecule has 164 valence electrons. The summed E-state index contributed by atoms with van der Waals surface area (Å²) in [6.07, 6.45) is 17.7. The second-order valence-corrected chi connectivity index (χ2v) is 11.9. The number of fused-ring (bicyclic) bond motifs is 4. The molecule has 4 aliphatic carbocycles. The van der Waals surface area contributed by atoms with Crippen LogP contribution in [0, 0.1) is 40.4 Å². The second kappa shape index (κ2) is 8.18. The summed E-state index contributed by atoms with van der Waals surface area (Å²) in [5.41, 5.74) is 6.11. The maximum Gasteiger partial charge on any atom is 0.0639 e. The van der Waals surface area contributed by atoms with E-state index in [2.05, 4.69) is 40.7 Å². The van der Waals surface area contributed by atoms with Gasteiger partial charge in [0.25, 0.3) is 0 Å². The predicted octanol–water partition coefficient (Wildman–Crippen LogP) is 7.70. The summed E-state index contributed by atoms with van der Waals surface area (Å²) in [6.45, 7) is 12.7. The number of aliphatic hydroxyl groups excluding tert-OH is 1. The Morgan fingerprint density at radius 2 is 1.93 bits per heavy atom. The van der Waals surface area contributed by atoms with E-state index in [1.165, 1.54) is 64.2 Å². The van der Waals surface area contributed by atoms with Crippen LogP contribution in [0.25, 0.3) is 0 Å². The van der Waals surface area contributed by atoms with E-state index in [0.29, 0.717) is 10.8 Å². The standard InChI is InChI=1S/C28H46O/c1-19(18-29)8-6-9-20(2)24-13-14-25-22-11-12-23-21(3)10-7-16-27(23,4)26(22)15-17-28(24,25)5/h8,20-21,23-25,29H,6-7,9-18H2,1-5H3/t20-,21-,23?,24-,25+,27+,28-/m1/s1. The largest absolute Gasteiger partial charge is 0.392 e. The van der Waals surface area contributed by atoms with E-state index in [-0.39, 0.29) is 6.61 Å². The molecule has 2 saturated carbocycles. The van der Waals surface area contributed by atoms with Crippen LogP contribution < -0.4 is 0 Å². The molecule has 1 unspecified atom stereocenters. The van der Waals surface area contributed by atoms with Crippen molar-refractivity contribution in [1.29, 1.82) is 0 Å². The third kappa shape index (κ3) is 3.58. The summed E-state index contributed by atoms with van der Waals surface area (Å²) in [7, 11) is 0. The Kier molecular flexibility index (Phi) is 6.11. The fraction of sp³-hybridized carbons (Fsp3) is 0.857. The molecule has 0 aromatic heterocycles. The molecule has 0 aromatic carbocycles. The lowest BCUT2D eigenvalue weighted by Crippen LogP contribution is -2.45. The van der Waals surface area contributed by atoms with Gasteiger partial charge in [0.05, 0.1) is 6.61 Å². The van der Waals surface area contributed by atoms with Gasteiger partial charge in [0, 0.05) is 0 Å². The average Bonchev–Trinajstić information content (AvgIpc) is 3.05. The third-order valence-electron chi connectivity index (χ3n) is 10.5. The van der Waals surface area contributed by atoms with Gasteiger partial charge in [0.1, 0.15) is 0 Å². The van der Waals surface area contributed by atoms with Gasteiger partial charge in [-0.3, -0.25) is 0 Å². The summed E-state index contributed by atoms with van der Waals surface area (Å²) < 4.78 is 0. The number of allylic oxidation sites excluding steroid dienone is 3. The van der Waals surface area contributed by atoms with Crippen LogP contribution in [0.3, 0.4) is 0 Å². The lowest BCUT2D eigenvalue weighted by atomic mass is 9.49. The lowest BCUT2D eigenvalue weighted by molar-refractivity contribution is 0.0441. The molecule has 0 heterocycles. The Bertz CT molecular complexity index is 672. The van der Waals surface area contributed by atoms with E-state index in [9.17, 15) is 5.11 Å². The molecule has 0 spiro atoms. The Morgan fingerprint density at radius 3 is 2.69 bits per heavy atom. The van der Waals surface area contributed by atoms with Crippen LogP contribution in [-0.4, -0.2) is 11.7 Å². The molecule has 0 saturated heterocycles. The zero-order chi connectivity index (χ0) is 20.8. The van der Waals surface area contributed by atoms with Gasteiger partial charge in [0.2, 0.25) is 0 Å². The van der Waals surface area contributed by atoms with Gasteiger partial charge >= 0.3 is 0 Å². The van der Waals surface area contributed by atoms with Crippen LogP contribution in [0.15, 0.2) is 22.8 Å². The normalized spacial score (nSPS) is 43.6. The number of aliphatic hydroxyl groups is 1. The number of rotatable bonds is 5. The molecule has 0 aliphatic heterocycles. The molecule has 0 radical (unpaired) electrons. The van der Waals surface area contributed by atoms with Gasteiger partial charge < -0.3 is 5.11 Å². The Hall–Kier alpha value is -0.560. The molecule has 4 rings (SSSR count). The minimum absolute atomic E-state index is 0.215. The molecule has 1 N–H and O–H groups in total. The van der Waals surface area contributed by atoms with Gasteiger partial charge in [-0.1, -0.05) is 63.3 Å². The minimum Gasteiger partial charge on any atom is -0.392 e. The van der Waals surface area contributed by atoms with Crippen molar-refractivity contribution in [3.05, 3.63) is 22.8 Å². The first kappa shape index (κ1) is 21.7. The lowest BCUT2D eigenvalue weighted by Gasteiger charge is -2.56. The van der Waals surface area contributed by atoms with Crippen LogP contribution in [0.2, 0.25) is 0 Å². The maximum absolute atomic E-state index is 9.26. The van der Waals surface area contributed by atoms with Crippen molar-refractivity contribution < 1.29 is 5.11 Å². The maximum atomic E-state index is 9.26. The molecular weight excluding hydrogens is 352 g/mol. The smallest absolute Gasteiger partial charge is 0.0639 e. The van der Waals surface area contributed by atoms with Crippen molar-refractivity contribution in [3.8, 4) is 0 Å². The molecule has 0 bridgehead atoms. The van der Waals surface area contributed by atoms with Gasteiger partial charge in [-0.2, -0.15) is 0 Å². The first-order valence-corrected chi connectivity index (χ1v) is 12.8. The van der Waals surface area contributed by atoms with Crippen LogP contribution in [0.1, 0.15) is 105 Å². The summed E-state index contributed by atoms with van der Waals surface area (Å²) in [6, 6.07) is 0. The highest BCUT2D eigenvalue weighted by molar-refractivity contribution is 5.34. The number of hydrogen-bond acceptors (Lipinski definition) is 1. The molecule has 1 heteroatoms. The van der Waals surface area contributed by atoms with Crippen molar-refractivity contribution in [2.45, 2.75) is 105 Å². The Balaban J connectivity index is 1.53. The summed E-state index contributed by atoms with van der Waals surface area (Å²) in [5, 5.41) is 9.26. The molecule has 0 amide bonds. The predicted molar refractivity (Wildman–Crippen MR) is 124 cm³/mol. The molecule has 1 nitrogen and oxygen atoms in total. The zero-order valence-electron chi connectivity index (χ0n) is 19.9. The highest BCUT2D eigenvalue weighted by Gasteiger charge is 2.55. The van der Waals surface area contributed by atoms with Crippen molar-refractivity contribution >= 4 is 0 Å². The quantitative estimate of drug-likeness (QED) is 0.470. The van der Waals surface area contributed by atoms with E-state index in [1.54, 1.807) is 0 Å². The summed E-state index contributed by atoms with van der Waals surface area (Å²) in [5.74, 6) is 4.46. The van der Waals surface area contributed by atoms with Gasteiger partial charge in [-0.25, -0.2) is 0 Å². The summed E-state index contributed by atoms with van der Waals surface area (Å²) in [4.78, 5) is 0. The fourth-order valence-electron chi connectivity index (χ4n) is 8.83. The van der Waals surface area contributed by atoms with E-state index in [0.717, 1.165) is 41.6 Å². The van der Waals surface area contributed by atoms with Crippen molar-refractivity contribution in [1.82, 2.24) is 0 Å². The Morgan fingerprint density at radius 1 is 1.14 bits per heavy atom. The van der Waals surface area contributed by atoms with Crippen molar-refractivity contribution in [2.75, 3.05) is 6.61 Å². The molecule has 29 heavy (non-hydrogen) atoms. The Labute approximate surface area is 180 Å². The third-order valence-corrected chi connectivity index (χ3v) is 10.5. The second-order valence-electron chi connectivity index (χ2n) is 11.9. The average molecular weight is 399 g/mol. The number of hydrogen-bond donors (Lipinski definition) is 1. The highest BCUT2D eigenvalue weighted by Crippen LogP contribution is 2.66. The van der Waals surface area contributed by atoms with Crippen LogP contribution in [0.4, 0.5) is 0 Å². The molecule has 2 fully saturated rings. The van der Waals surface area contributed by atoms with Gasteiger partial charge in [0.15, 0.2) is 0 Å². The highest BCUT2D eigenvalue weighted by atomic mass is 16.3. The minimum atomic E-state index is 0.215. The van der Waals surface area contributed by atoms with Crippen molar-refractivity contribution in [3.63, 3.8) is 0 Å². The first-order valence-electron chi connectivity index (χ1n) is 12.8. The fourth-order valence-corrected chi connectivity index (χ4v) is 8.83. The van der Waals surface area contributed by atoms with Crippen molar-refractivity contribution in [2.24, 2.45) is 40.4 Å². The monoisotopic (exact) mass is 398 g/mol. The van der Waals surface area contributed by atoms with E-state index in [1.807, 2.05) is 11.1 Å². The van der Waals surface area contributed by atoms with Gasteiger partial charge in [-0.05, 0) is 105 Å². The topological polar surface area (TPSA) is 20.2 Å². The first-order chi connectivity index (χ1) is 13.8.